The first kappa shape index (κ1) is 13.6. The molecule has 0 spiro atoms. The lowest BCUT2D eigenvalue weighted by Crippen LogP contribution is -2.19. The minimum absolute atomic E-state index is 0.0163. The van der Waals surface area contributed by atoms with E-state index in [0.29, 0.717) is 5.92 Å². The van der Waals surface area contributed by atoms with Crippen molar-refractivity contribution in [3.63, 3.8) is 0 Å². The van der Waals surface area contributed by atoms with Gasteiger partial charge in [-0.25, -0.2) is 0 Å². The first-order valence-corrected chi connectivity index (χ1v) is 6.34. The number of aliphatic hydroxyl groups excluding tert-OH is 1. The topological polar surface area (TPSA) is 75.8 Å². The monoisotopic (exact) mass is 266 g/mol. The lowest BCUT2D eigenvalue weighted by atomic mass is 10.1. The van der Waals surface area contributed by atoms with Crippen LogP contribution in [0.15, 0.2) is 18.2 Å². The molecule has 0 radical (unpaired) electrons. The van der Waals surface area contributed by atoms with Gasteiger partial charge in [-0.15, -0.1) is 0 Å². The van der Waals surface area contributed by atoms with Crippen LogP contribution in [0.4, 0.5) is 11.4 Å². The van der Waals surface area contributed by atoms with Crippen LogP contribution in [0.2, 0.25) is 0 Å². The zero-order valence-corrected chi connectivity index (χ0v) is 10.9. The molecule has 0 aliphatic carbocycles. The van der Waals surface area contributed by atoms with Crippen molar-refractivity contribution in [3.05, 3.63) is 28.3 Å². The van der Waals surface area contributed by atoms with Gasteiger partial charge in [0.05, 0.1) is 12.0 Å². The zero-order chi connectivity index (χ0) is 13.8. The Morgan fingerprint density at radius 2 is 2.37 bits per heavy atom. The SMILES string of the molecule is COc1cc(N2CCC(CCO)C2)ccc1[N+](=O)[O-]. The van der Waals surface area contributed by atoms with E-state index in [4.69, 9.17) is 9.84 Å². The molecule has 0 amide bonds. The number of ether oxygens (including phenoxy) is 1. The number of nitrogens with zero attached hydrogens (tertiary/aromatic N) is 2. The van der Waals surface area contributed by atoms with Gasteiger partial charge in [0.2, 0.25) is 0 Å². The van der Waals surface area contributed by atoms with Gasteiger partial charge in [-0.05, 0) is 24.8 Å². The van der Waals surface area contributed by atoms with E-state index in [9.17, 15) is 10.1 Å². The summed E-state index contributed by atoms with van der Waals surface area (Å²) in [6.45, 7) is 2.00. The summed E-state index contributed by atoms with van der Waals surface area (Å²) in [4.78, 5) is 12.6. The highest BCUT2D eigenvalue weighted by Gasteiger charge is 2.24. The highest BCUT2D eigenvalue weighted by atomic mass is 16.6. The molecule has 2 rings (SSSR count). The quantitative estimate of drug-likeness (QED) is 0.649. The smallest absolute Gasteiger partial charge is 0.311 e. The third-order valence-electron chi connectivity index (χ3n) is 3.55. The van der Waals surface area contributed by atoms with Crippen LogP contribution in [-0.4, -0.2) is 36.8 Å². The molecule has 104 valence electrons. The maximum atomic E-state index is 10.8. The summed E-state index contributed by atoms with van der Waals surface area (Å²) in [5, 5.41) is 19.8. The van der Waals surface area contributed by atoms with Crippen LogP contribution in [0.25, 0.3) is 0 Å². The van der Waals surface area contributed by atoms with Gasteiger partial charge in [0, 0.05) is 37.5 Å². The molecular formula is C13H18N2O4. The number of benzene rings is 1. The van der Waals surface area contributed by atoms with Crippen LogP contribution >= 0.6 is 0 Å². The Labute approximate surface area is 111 Å². The van der Waals surface area contributed by atoms with Crippen LogP contribution < -0.4 is 9.64 Å². The summed E-state index contributed by atoms with van der Waals surface area (Å²) < 4.78 is 5.07. The van der Waals surface area contributed by atoms with Crippen molar-refractivity contribution in [2.75, 3.05) is 31.7 Å². The molecular weight excluding hydrogens is 248 g/mol. The Bertz CT molecular complexity index is 464. The van der Waals surface area contributed by atoms with Crippen LogP contribution in [0.3, 0.4) is 0 Å². The maximum Gasteiger partial charge on any atom is 0.311 e. The first-order valence-electron chi connectivity index (χ1n) is 6.34. The molecule has 6 nitrogen and oxygen atoms in total. The number of nitro benzene ring substituents is 1. The minimum atomic E-state index is -0.443. The molecule has 1 atom stereocenters. The molecule has 1 aromatic rings. The Hall–Kier alpha value is -1.82. The number of hydrogen-bond donors (Lipinski definition) is 1. The predicted molar refractivity (Wildman–Crippen MR) is 71.7 cm³/mol. The average Bonchev–Trinajstić information content (AvgIpc) is 2.87. The van der Waals surface area contributed by atoms with Crippen LogP contribution in [0, 0.1) is 16.0 Å². The van der Waals surface area contributed by atoms with Crippen molar-refractivity contribution in [1.29, 1.82) is 0 Å². The van der Waals surface area contributed by atoms with E-state index in [1.165, 1.54) is 13.2 Å². The van der Waals surface area contributed by atoms with E-state index >= 15 is 0 Å². The highest BCUT2D eigenvalue weighted by molar-refractivity contribution is 5.59. The Morgan fingerprint density at radius 1 is 1.58 bits per heavy atom. The summed E-state index contributed by atoms with van der Waals surface area (Å²) >= 11 is 0. The van der Waals surface area contributed by atoms with Gasteiger partial charge in [-0.2, -0.15) is 0 Å². The molecule has 1 aromatic carbocycles. The number of nitro groups is 1. The summed E-state index contributed by atoms with van der Waals surface area (Å²) in [6, 6.07) is 4.94. The standard InChI is InChI=1S/C13H18N2O4/c1-19-13-8-11(2-3-12(13)15(17)18)14-6-4-10(9-14)5-7-16/h2-3,8,10,16H,4-7,9H2,1H3. The second-order valence-electron chi connectivity index (χ2n) is 4.73. The molecule has 1 heterocycles. The second-order valence-corrected chi connectivity index (χ2v) is 4.73. The molecule has 1 fully saturated rings. The van der Waals surface area contributed by atoms with Gasteiger partial charge in [0.1, 0.15) is 0 Å². The van der Waals surface area contributed by atoms with Crippen molar-refractivity contribution in [2.24, 2.45) is 5.92 Å². The van der Waals surface area contributed by atoms with Gasteiger partial charge >= 0.3 is 5.69 Å². The maximum absolute atomic E-state index is 10.8. The van der Waals surface area contributed by atoms with Crippen molar-refractivity contribution >= 4 is 11.4 Å². The van der Waals surface area contributed by atoms with Crippen LogP contribution in [0.1, 0.15) is 12.8 Å². The summed E-state index contributed by atoms with van der Waals surface area (Å²) in [6.07, 6.45) is 1.85. The molecule has 0 aromatic heterocycles. The Morgan fingerprint density at radius 3 is 3.00 bits per heavy atom. The fourth-order valence-corrected chi connectivity index (χ4v) is 2.50. The fourth-order valence-electron chi connectivity index (χ4n) is 2.50. The number of methoxy groups -OCH3 is 1. The van der Waals surface area contributed by atoms with Gasteiger partial charge in [-0.1, -0.05) is 0 Å². The van der Waals surface area contributed by atoms with Gasteiger partial charge in [0.15, 0.2) is 5.75 Å². The van der Waals surface area contributed by atoms with Crippen LogP contribution in [-0.2, 0) is 0 Å². The van der Waals surface area contributed by atoms with E-state index in [2.05, 4.69) is 4.90 Å². The normalized spacial score (nSPS) is 18.6. The van der Waals surface area contributed by atoms with Gasteiger partial charge < -0.3 is 14.7 Å². The summed E-state index contributed by atoms with van der Waals surface area (Å²) in [5.41, 5.74) is 0.917. The number of rotatable bonds is 5. The fraction of sp³-hybridized carbons (Fsp3) is 0.538. The predicted octanol–water partition coefficient (Wildman–Crippen LogP) is 1.81. The van der Waals surface area contributed by atoms with Gasteiger partial charge in [-0.3, -0.25) is 10.1 Å². The second kappa shape index (κ2) is 5.88. The van der Waals surface area contributed by atoms with E-state index in [1.807, 2.05) is 0 Å². The lowest BCUT2D eigenvalue weighted by molar-refractivity contribution is -0.385. The highest BCUT2D eigenvalue weighted by Crippen LogP contribution is 2.33. The van der Waals surface area contributed by atoms with E-state index in [-0.39, 0.29) is 18.0 Å². The molecule has 1 aliphatic heterocycles. The Kier molecular flexibility index (Phi) is 4.21. The number of hydrogen-bond acceptors (Lipinski definition) is 5. The molecule has 1 saturated heterocycles. The lowest BCUT2D eigenvalue weighted by Gasteiger charge is -2.19. The van der Waals surface area contributed by atoms with Gasteiger partial charge in [0.25, 0.3) is 0 Å². The number of aliphatic hydroxyl groups is 1. The van der Waals surface area contributed by atoms with Crippen molar-refractivity contribution < 1.29 is 14.8 Å². The first-order chi connectivity index (χ1) is 9.15. The summed E-state index contributed by atoms with van der Waals surface area (Å²) in [7, 11) is 1.44. The van der Waals surface area contributed by atoms with Crippen LogP contribution in [0.5, 0.6) is 5.75 Å². The van der Waals surface area contributed by atoms with E-state index < -0.39 is 4.92 Å². The van der Waals surface area contributed by atoms with E-state index in [1.54, 1.807) is 12.1 Å². The minimum Gasteiger partial charge on any atom is -0.490 e. The van der Waals surface area contributed by atoms with Crippen molar-refractivity contribution in [2.45, 2.75) is 12.8 Å². The third-order valence-corrected chi connectivity index (χ3v) is 3.55. The largest absolute Gasteiger partial charge is 0.490 e. The molecule has 1 aliphatic rings. The molecule has 6 heteroatoms. The molecule has 0 saturated carbocycles. The molecule has 1 unspecified atom stereocenters. The third kappa shape index (κ3) is 2.96. The zero-order valence-electron chi connectivity index (χ0n) is 10.9. The Balaban J connectivity index is 2.16. The van der Waals surface area contributed by atoms with E-state index in [0.717, 1.165) is 31.6 Å². The molecule has 0 bridgehead atoms. The molecule has 1 N–H and O–H groups in total. The molecule has 19 heavy (non-hydrogen) atoms. The number of anilines is 1. The summed E-state index contributed by atoms with van der Waals surface area (Å²) in [5.74, 6) is 0.777. The van der Waals surface area contributed by atoms with Crippen molar-refractivity contribution in [1.82, 2.24) is 0 Å². The average molecular weight is 266 g/mol. The van der Waals surface area contributed by atoms with Crippen molar-refractivity contribution in [3.8, 4) is 5.75 Å².